The van der Waals surface area contributed by atoms with Crippen LogP contribution in [0.15, 0.2) is 0 Å². The Labute approximate surface area is 79.3 Å². The summed E-state index contributed by atoms with van der Waals surface area (Å²) in [5.41, 5.74) is 1.96. The van der Waals surface area contributed by atoms with E-state index < -0.39 is 11.4 Å². The maximum Gasteiger partial charge on any atom is 0.324 e. The zero-order valence-corrected chi connectivity index (χ0v) is 8.01. The summed E-state index contributed by atoms with van der Waals surface area (Å²) in [6.45, 7) is 0. The molecule has 1 aliphatic rings. The van der Waals surface area contributed by atoms with Crippen molar-refractivity contribution in [1.29, 1.82) is 0 Å². The molecular formula is C7H13NO4S. The molecule has 1 saturated carbocycles. The molecule has 1 fully saturated rings. The van der Waals surface area contributed by atoms with E-state index >= 15 is 0 Å². The normalized spacial score (nSPS) is 21.0. The van der Waals surface area contributed by atoms with E-state index in [1.54, 1.807) is 0 Å². The van der Waals surface area contributed by atoms with Crippen LogP contribution in [0.4, 0.5) is 0 Å². The van der Waals surface area contributed by atoms with Gasteiger partial charge >= 0.3 is 11.4 Å². The molecule has 0 aliphatic heterocycles. The molecule has 13 heavy (non-hydrogen) atoms. The van der Waals surface area contributed by atoms with Gasteiger partial charge in [-0.1, -0.05) is 19.3 Å². The summed E-state index contributed by atoms with van der Waals surface area (Å²) in [4.78, 5) is 11.2. The molecule has 1 aliphatic carbocycles. The largest absolute Gasteiger partial charge is 0.324 e. The molecular weight excluding hydrogens is 194 g/mol. The number of hydrogen-bond donors (Lipinski definition) is 2. The van der Waals surface area contributed by atoms with Crippen molar-refractivity contribution in [2.45, 2.75) is 32.1 Å². The van der Waals surface area contributed by atoms with Crippen molar-refractivity contribution >= 4 is 17.3 Å². The van der Waals surface area contributed by atoms with E-state index in [2.05, 4.69) is 4.28 Å². The summed E-state index contributed by atoms with van der Waals surface area (Å²) in [6, 6.07) is 0. The number of hydroxylamine groups is 1. The maximum absolute atomic E-state index is 11.2. The molecule has 0 bridgehead atoms. The van der Waals surface area contributed by atoms with Gasteiger partial charge in [-0.3, -0.25) is 9.35 Å². The third-order valence-electron chi connectivity index (χ3n) is 2.19. The van der Waals surface area contributed by atoms with Crippen LogP contribution in [0.25, 0.3) is 0 Å². The van der Waals surface area contributed by atoms with Crippen molar-refractivity contribution in [2.75, 3.05) is 0 Å². The highest BCUT2D eigenvalue weighted by molar-refractivity contribution is 7.74. The summed E-state index contributed by atoms with van der Waals surface area (Å²) >= 11 is -2.42. The zero-order valence-electron chi connectivity index (χ0n) is 7.19. The Kier molecular flexibility index (Phi) is 4.34. The van der Waals surface area contributed by atoms with E-state index in [0.29, 0.717) is 0 Å². The van der Waals surface area contributed by atoms with Gasteiger partial charge in [-0.15, -0.1) is 4.28 Å². The highest BCUT2D eigenvalue weighted by Gasteiger charge is 2.21. The minimum Gasteiger partial charge on any atom is -0.282 e. The van der Waals surface area contributed by atoms with Gasteiger partial charge in [0.2, 0.25) is 5.91 Å². The van der Waals surface area contributed by atoms with E-state index in [-0.39, 0.29) is 11.8 Å². The van der Waals surface area contributed by atoms with Gasteiger partial charge in [-0.05, 0) is 12.8 Å². The number of hydrogen-bond acceptors (Lipinski definition) is 3. The number of carbonyl (C=O) groups excluding carboxylic acids is 1. The molecule has 0 radical (unpaired) electrons. The first-order chi connectivity index (χ1) is 6.20. The molecule has 0 heterocycles. The quantitative estimate of drug-likeness (QED) is 0.529. The zero-order chi connectivity index (χ0) is 9.68. The number of amides is 1. The molecule has 0 aromatic heterocycles. The summed E-state index contributed by atoms with van der Waals surface area (Å²) in [6.07, 6.45) is 4.93. The average molecular weight is 207 g/mol. The van der Waals surface area contributed by atoms with Gasteiger partial charge in [-0.2, -0.15) is 4.21 Å². The van der Waals surface area contributed by atoms with Crippen LogP contribution in [-0.4, -0.2) is 14.7 Å². The summed E-state index contributed by atoms with van der Waals surface area (Å²) < 4.78 is 22.4. The van der Waals surface area contributed by atoms with E-state index in [9.17, 15) is 9.00 Å². The Hall–Kier alpha value is -0.460. The van der Waals surface area contributed by atoms with E-state index in [1.165, 1.54) is 0 Å². The lowest BCUT2D eigenvalue weighted by molar-refractivity contribution is -0.132. The standard InChI is InChI=1S/C7H13NO4S/c9-7(8-12-13(10)11)6-4-2-1-3-5-6/h6H,1-5H2,(H,8,9)(H,10,11). The van der Waals surface area contributed by atoms with Gasteiger partial charge < -0.3 is 0 Å². The lowest BCUT2D eigenvalue weighted by atomic mass is 9.89. The Balaban J connectivity index is 2.25. The lowest BCUT2D eigenvalue weighted by Gasteiger charge is -2.19. The van der Waals surface area contributed by atoms with Crippen LogP contribution in [-0.2, 0) is 20.4 Å². The maximum atomic E-state index is 11.2. The summed E-state index contributed by atoms with van der Waals surface area (Å²) in [7, 11) is 0. The van der Waals surface area contributed by atoms with Crippen LogP contribution < -0.4 is 5.48 Å². The van der Waals surface area contributed by atoms with Gasteiger partial charge in [0.1, 0.15) is 0 Å². The Morgan fingerprint density at radius 1 is 1.38 bits per heavy atom. The minimum atomic E-state index is -2.42. The predicted molar refractivity (Wildman–Crippen MR) is 46.6 cm³/mol. The first kappa shape index (κ1) is 10.6. The SMILES string of the molecule is O=C(NOS(=O)O)C1CCCCC1. The topological polar surface area (TPSA) is 75.6 Å². The molecule has 0 aromatic carbocycles. The fourth-order valence-electron chi connectivity index (χ4n) is 1.52. The monoisotopic (exact) mass is 207 g/mol. The number of rotatable bonds is 3. The van der Waals surface area contributed by atoms with Crippen LogP contribution in [0.1, 0.15) is 32.1 Å². The van der Waals surface area contributed by atoms with Gasteiger partial charge in [0.15, 0.2) is 0 Å². The molecule has 2 N–H and O–H groups in total. The highest BCUT2D eigenvalue weighted by Crippen LogP contribution is 2.23. The molecule has 0 aromatic rings. The van der Waals surface area contributed by atoms with Crippen molar-refractivity contribution in [3.8, 4) is 0 Å². The number of nitrogens with one attached hydrogen (secondary N) is 1. The van der Waals surface area contributed by atoms with Crippen LogP contribution in [0.5, 0.6) is 0 Å². The molecule has 1 rings (SSSR count). The van der Waals surface area contributed by atoms with Crippen LogP contribution >= 0.6 is 0 Å². The van der Waals surface area contributed by atoms with E-state index in [0.717, 1.165) is 32.1 Å². The van der Waals surface area contributed by atoms with E-state index in [1.807, 2.05) is 5.48 Å². The lowest BCUT2D eigenvalue weighted by Crippen LogP contribution is -2.32. The van der Waals surface area contributed by atoms with Crippen molar-refractivity contribution in [1.82, 2.24) is 5.48 Å². The molecule has 0 spiro atoms. The van der Waals surface area contributed by atoms with Crippen LogP contribution in [0.2, 0.25) is 0 Å². The van der Waals surface area contributed by atoms with Crippen molar-refractivity contribution in [3.63, 3.8) is 0 Å². The Morgan fingerprint density at radius 2 is 2.00 bits per heavy atom. The number of carbonyl (C=O) groups is 1. The Morgan fingerprint density at radius 3 is 2.54 bits per heavy atom. The molecule has 1 unspecified atom stereocenters. The third kappa shape index (κ3) is 3.84. The molecule has 76 valence electrons. The fraction of sp³-hybridized carbons (Fsp3) is 0.857. The Bertz CT molecular complexity index is 203. The summed E-state index contributed by atoms with van der Waals surface area (Å²) in [5.74, 6) is -0.348. The highest BCUT2D eigenvalue weighted by atomic mass is 32.2. The van der Waals surface area contributed by atoms with Crippen molar-refractivity contribution in [2.24, 2.45) is 5.92 Å². The predicted octanol–water partition coefficient (Wildman–Crippen LogP) is 0.751. The van der Waals surface area contributed by atoms with Gasteiger partial charge in [-0.25, -0.2) is 5.48 Å². The van der Waals surface area contributed by atoms with Crippen molar-refractivity contribution in [3.05, 3.63) is 0 Å². The van der Waals surface area contributed by atoms with Crippen LogP contribution in [0.3, 0.4) is 0 Å². The van der Waals surface area contributed by atoms with Gasteiger partial charge in [0.05, 0.1) is 0 Å². The first-order valence-electron chi connectivity index (χ1n) is 4.28. The van der Waals surface area contributed by atoms with Crippen molar-refractivity contribution < 1.29 is 17.8 Å². The second-order valence-electron chi connectivity index (χ2n) is 3.10. The average Bonchev–Trinajstić information content (AvgIpc) is 2.15. The van der Waals surface area contributed by atoms with E-state index in [4.69, 9.17) is 4.55 Å². The van der Waals surface area contributed by atoms with Crippen LogP contribution in [0, 0.1) is 5.92 Å². The smallest absolute Gasteiger partial charge is 0.282 e. The molecule has 6 heteroatoms. The fourth-order valence-corrected chi connectivity index (χ4v) is 1.68. The van der Waals surface area contributed by atoms with Gasteiger partial charge in [0, 0.05) is 5.92 Å². The molecule has 1 atom stereocenters. The second-order valence-corrected chi connectivity index (χ2v) is 3.70. The summed E-state index contributed by atoms with van der Waals surface area (Å²) in [5, 5.41) is 0. The molecule has 0 saturated heterocycles. The minimum absolute atomic E-state index is 0.0581. The van der Waals surface area contributed by atoms with Gasteiger partial charge in [0.25, 0.3) is 0 Å². The first-order valence-corrected chi connectivity index (χ1v) is 5.31. The third-order valence-corrected chi connectivity index (χ3v) is 2.42. The molecule has 1 amide bonds. The second kappa shape index (κ2) is 5.31. The molecule has 5 nitrogen and oxygen atoms in total.